The Morgan fingerprint density at radius 2 is 2.08 bits per heavy atom. The highest BCUT2D eigenvalue weighted by Crippen LogP contribution is 2.20. The molecule has 0 saturated heterocycles. The van der Waals surface area contributed by atoms with E-state index in [0.717, 1.165) is 34.3 Å². The lowest BCUT2D eigenvalue weighted by atomic mass is 10.0. The van der Waals surface area contributed by atoms with Gasteiger partial charge < -0.3 is 0 Å². The average molecular weight is 366 g/mol. The highest BCUT2D eigenvalue weighted by molar-refractivity contribution is 7.13. The van der Waals surface area contributed by atoms with Gasteiger partial charge in [-0.05, 0) is 43.0 Å². The van der Waals surface area contributed by atoms with Crippen LogP contribution in [0.15, 0.2) is 47.6 Å². The second kappa shape index (κ2) is 8.23. The van der Waals surface area contributed by atoms with Gasteiger partial charge >= 0.3 is 0 Å². The molecule has 4 nitrogen and oxygen atoms in total. The third-order valence-corrected chi connectivity index (χ3v) is 5.18. The van der Waals surface area contributed by atoms with Crippen LogP contribution in [0.25, 0.3) is 10.9 Å². The van der Waals surface area contributed by atoms with Gasteiger partial charge in [0.05, 0.1) is 17.3 Å². The number of para-hydroxylation sites is 1. The SMILES string of the molecule is CCc1ccc(/C=N/NC(=O)c2cc(CC(C)C)nc3ccccc23)s1. The maximum Gasteiger partial charge on any atom is 0.272 e. The van der Waals surface area contributed by atoms with E-state index in [1.54, 1.807) is 17.6 Å². The molecule has 0 spiro atoms. The smallest absolute Gasteiger partial charge is 0.267 e. The van der Waals surface area contributed by atoms with Crippen molar-refractivity contribution in [1.82, 2.24) is 10.4 Å². The molecule has 0 aliphatic carbocycles. The number of hydrazone groups is 1. The Kier molecular flexibility index (Phi) is 5.78. The largest absolute Gasteiger partial charge is 0.272 e. The first-order valence-corrected chi connectivity index (χ1v) is 9.69. The van der Waals surface area contributed by atoms with Crippen molar-refractivity contribution in [2.45, 2.75) is 33.6 Å². The lowest BCUT2D eigenvalue weighted by Crippen LogP contribution is -2.18. The number of pyridine rings is 1. The number of carbonyl (C=O) groups is 1. The van der Waals surface area contributed by atoms with Crippen molar-refractivity contribution in [3.63, 3.8) is 0 Å². The summed E-state index contributed by atoms with van der Waals surface area (Å²) in [7, 11) is 0. The van der Waals surface area contributed by atoms with Crippen LogP contribution in [-0.2, 0) is 12.8 Å². The fourth-order valence-electron chi connectivity index (χ4n) is 2.81. The number of amides is 1. The van der Waals surface area contributed by atoms with Crippen LogP contribution in [-0.4, -0.2) is 17.1 Å². The van der Waals surface area contributed by atoms with Crippen LogP contribution in [0.4, 0.5) is 0 Å². The molecule has 0 bridgehead atoms. The number of nitrogens with zero attached hydrogens (tertiary/aromatic N) is 2. The van der Waals surface area contributed by atoms with Crippen molar-refractivity contribution in [2.24, 2.45) is 11.0 Å². The Morgan fingerprint density at radius 1 is 1.27 bits per heavy atom. The zero-order valence-corrected chi connectivity index (χ0v) is 16.1. The first-order chi connectivity index (χ1) is 12.6. The number of benzene rings is 1. The predicted molar refractivity (Wildman–Crippen MR) is 109 cm³/mol. The Labute approximate surface area is 158 Å². The van der Waals surface area contributed by atoms with Crippen LogP contribution in [0, 0.1) is 5.92 Å². The quantitative estimate of drug-likeness (QED) is 0.503. The first-order valence-electron chi connectivity index (χ1n) is 8.87. The van der Waals surface area contributed by atoms with E-state index in [0.29, 0.717) is 11.5 Å². The molecule has 1 N–H and O–H groups in total. The molecule has 3 aromatic rings. The molecule has 1 amide bonds. The van der Waals surface area contributed by atoms with Crippen LogP contribution < -0.4 is 5.43 Å². The van der Waals surface area contributed by atoms with Crippen molar-refractivity contribution in [1.29, 1.82) is 0 Å². The molecule has 2 heterocycles. The van der Waals surface area contributed by atoms with Crippen molar-refractivity contribution in [3.05, 3.63) is 63.5 Å². The topological polar surface area (TPSA) is 54.4 Å². The number of aryl methyl sites for hydroxylation is 1. The molecule has 1 aromatic carbocycles. The summed E-state index contributed by atoms with van der Waals surface area (Å²) in [6, 6.07) is 13.7. The molecule has 0 saturated carbocycles. The highest BCUT2D eigenvalue weighted by atomic mass is 32.1. The minimum atomic E-state index is -0.211. The van der Waals surface area contributed by atoms with E-state index in [2.05, 4.69) is 42.3 Å². The summed E-state index contributed by atoms with van der Waals surface area (Å²) in [6.45, 7) is 6.41. The molecular formula is C21H23N3OS. The zero-order chi connectivity index (χ0) is 18.5. The van der Waals surface area contributed by atoms with Gasteiger partial charge in [-0.1, -0.05) is 39.0 Å². The maximum absolute atomic E-state index is 12.7. The van der Waals surface area contributed by atoms with Gasteiger partial charge in [0.2, 0.25) is 0 Å². The number of hydrogen-bond acceptors (Lipinski definition) is 4. The summed E-state index contributed by atoms with van der Waals surface area (Å²) in [6.07, 6.45) is 3.54. The number of nitrogens with one attached hydrogen (secondary N) is 1. The Morgan fingerprint density at radius 3 is 2.81 bits per heavy atom. The lowest BCUT2D eigenvalue weighted by Gasteiger charge is -2.10. The van der Waals surface area contributed by atoms with Gasteiger partial charge in [-0.15, -0.1) is 11.3 Å². The van der Waals surface area contributed by atoms with Crippen LogP contribution in [0.1, 0.15) is 46.6 Å². The standard InChI is InChI=1S/C21H23N3OS/c1-4-16-9-10-17(26-16)13-22-24-21(25)19-12-15(11-14(2)3)23-20-8-6-5-7-18(19)20/h5-10,12-14H,4,11H2,1-3H3,(H,24,25)/b22-13+. The maximum atomic E-state index is 12.7. The summed E-state index contributed by atoms with van der Waals surface area (Å²) in [4.78, 5) is 19.7. The van der Waals surface area contributed by atoms with Gasteiger partial charge in [0.15, 0.2) is 0 Å². The molecule has 26 heavy (non-hydrogen) atoms. The Hall–Kier alpha value is -2.53. The molecule has 5 heteroatoms. The van der Waals surface area contributed by atoms with Crippen LogP contribution in [0.3, 0.4) is 0 Å². The van der Waals surface area contributed by atoms with Crippen LogP contribution in [0.2, 0.25) is 0 Å². The highest BCUT2D eigenvalue weighted by Gasteiger charge is 2.13. The molecule has 0 aliphatic rings. The molecule has 0 fully saturated rings. The van der Waals surface area contributed by atoms with Gasteiger partial charge in [-0.25, -0.2) is 5.43 Å². The first kappa shape index (κ1) is 18.3. The van der Waals surface area contributed by atoms with Gasteiger partial charge in [-0.2, -0.15) is 5.10 Å². The number of carbonyl (C=O) groups excluding carboxylic acids is 1. The molecule has 3 rings (SSSR count). The summed E-state index contributed by atoms with van der Waals surface area (Å²) in [5.41, 5.74) is 5.04. The Balaban J connectivity index is 1.84. The molecule has 0 aliphatic heterocycles. The van der Waals surface area contributed by atoms with E-state index in [1.807, 2.05) is 36.4 Å². The number of hydrogen-bond donors (Lipinski definition) is 1. The molecule has 134 valence electrons. The number of rotatable bonds is 6. The van der Waals surface area contributed by atoms with E-state index in [9.17, 15) is 4.79 Å². The molecular weight excluding hydrogens is 342 g/mol. The second-order valence-corrected chi connectivity index (χ2v) is 7.83. The fourth-order valence-corrected chi connectivity index (χ4v) is 3.63. The van der Waals surface area contributed by atoms with Crippen molar-refractivity contribution in [2.75, 3.05) is 0 Å². The summed E-state index contributed by atoms with van der Waals surface area (Å²) in [5, 5.41) is 4.97. The number of fused-ring (bicyclic) bond motifs is 1. The third-order valence-electron chi connectivity index (χ3n) is 4.02. The molecule has 0 atom stereocenters. The van der Waals surface area contributed by atoms with E-state index >= 15 is 0 Å². The van der Waals surface area contributed by atoms with E-state index < -0.39 is 0 Å². The van der Waals surface area contributed by atoms with Crippen molar-refractivity contribution in [3.8, 4) is 0 Å². The third kappa shape index (κ3) is 4.35. The molecule has 2 aromatic heterocycles. The van der Waals surface area contributed by atoms with E-state index in [4.69, 9.17) is 0 Å². The van der Waals surface area contributed by atoms with Crippen molar-refractivity contribution < 1.29 is 4.79 Å². The predicted octanol–water partition coefficient (Wildman–Crippen LogP) is 4.82. The fraction of sp³-hybridized carbons (Fsp3) is 0.286. The van der Waals surface area contributed by atoms with Crippen LogP contribution in [0.5, 0.6) is 0 Å². The van der Waals surface area contributed by atoms with Crippen LogP contribution >= 0.6 is 11.3 Å². The zero-order valence-electron chi connectivity index (χ0n) is 15.3. The monoisotopic (exact) mass is 365 g/mol. The van der Waals surface area contributed by atoms with Crippen molar-refractivity contribution >= 4 is 34.4 Å². The van der Waals surface area contributed by atoms with Gasteiger partial charge in [0.1, 0.15) is 0 Å². The van der Waals surface area contributed by atoms with E-state index in [1.165, 1.54) is 4.88 Å². The normalized spacial score (nSPS) is 11.5. The molecule has 0 radical (unpaired) electrons. The van der Waals surface area contributed by atoms with Gasteiger partial charge in [0, 0.05) is 20.8 Å². The summed E-state index contributed by atoms with van der Waals surface area (Å²) >= 11 is 1.68. The second-order valence-electron chi connectivity index (χ2n) is 6.63. The molecule has 0 unspecified atom stereocenters. The van der Waals surface area contributed by atoms with E-state index in [-0.39, 0.29) is 5.91 Å². The number of thiophene rings is 1. The van der Waals surface area contributed by atoms with Gasteiger partial charge in [0.25, 0.3) is 5.91 Å². The lowest BCUT2D eigenvalue weighted by molar-refractivity contribution is 0.0956. The Bertz CT molecular complexity index is 943. The number of aromatic nitrogens is 1. The average Bonchev–Trinajstić information content (AvgIpc) is 3.08. The minimum Gasteiger partial charge on any atom is -0.267 e. The minimum absolute atomic E-state index is 0.211. The van der Waals surface area contributed by atoms with Gasteiger partial charge in [-0.3, -0.25) is 9.78 Å². The summed E-state index contributed by atoms with van der Waals surface area (Å²) < 4.78 is 0. The summed E-state index contributed by atoms with van der Waals surface area (Å²) in [5.74, 6) is 0.265.